The highest BCUT2D eigenvalue weighted by atomic mass is 32.2. The van der Waals surface area contributed by atoms with Crippen LogP contribution < -0.4 is 5.73 Å². The summed E-state index contributed by atoms with van der Waals surface area (Å²) in [6.07, 6.45) is 0. The fraction of sp³-hybridized carbons (Fsp3) is 0.500. The summed E-state index contributed by atoms with van der Waals surface area (Å²) < 4.78 is 0. The van der Waals surface area contributed by atoms with Crippen molar-refractivity contribution in [1.82, 2.24) is 0 Å². The maximum absolute atomic E-state index is 9.01. The Morgan fingerprint density at radius 3 is 2.40 bits per heavy atom. The Hall–Kier alpha value is -0.510. The summed E-state index contributed by atoms with van der Waals surface area (Å²) in [5, 5.41) is 9.53. The number of nitrogens with two attached hydrogens (primary N) is 1. The van der Waals surface area contributed by atoms with Gasteiger partial charge < -0.3 is 10.8 Å². The summed E-state index contributed by atoms with van der Waals surface area (Å²) in [4.78, 5) is 0. The molecule has 15 heavy (non-hydrogen) atoms. The van der Waals surface area contributed by atoms with Crippen LogP contribution in [0.4, 0.5) is 0 Å². The summed E-state index contributed by atoms with van der Waals surface area (Å²) in [5.41, 5.74) is 8.25. The Morgan fingerprint density at radius 1 is 1.33 bits per heavy atom. The molecule has 0 radical (unpaired) electrons. The Labute approximate surface area is 95.9 Å². The van der Waals surface area contributed by atoms with E-state index in [0.29, 0.717) is 6.54 Å². The summed E-state index contributed by atoms with van der Waals surface area (Å²) in [6, 6.07) is 8.43. The van der Waals surface area contributed by atoms with Crippen LogP contribution in [0.2, 0.25) is 0 Å². The molecule has 0 aliphatic rings. The fourth-order valence-corrected chi connectivity index (χ4v) is 2.45. The second-order valence-electron chi connectivity index (χ2n) is 3.76. The van der Waals surface area contributed by atoms with E-state index in [1.165, 1.54) is 11.1 Å². The van der Waals surface area contributed by atoms with Gasteiger partial charge in [-0.15, -0.1) is 11.8 Å². The minimum Gasteiger partial charge on any atom is -0.395 e. The Balaban J connectivity index is 2.69. The molecule has 0 bridgehead atoms. The maximum atomic E-state index is 9.01. The van der Waals surface area contributed by atoms with Gasteiger partial charge in [0.05, 0.1) is 6.61 Å². The Morgan fingerprint density at radius 2 is 1.93 bits per heavy atom. The second kappa shape index (κ2) is 6.16. The van der Waals surface area contributed by atoms with Gasteiger partial charge in [0.2, 0.25) is 0 Å². The number of rotatable bonds is 5. The molecule has 0 heterocycles. The third kappa shape index (κ3) is 3.86. The highest BCUT2D eigenvalue weighted by Gasteiger charge is 2.13. The van der Waals surface area contributed by atoms with E-state index in [9.17, 15) is 0 Å². The van der Waals surface area contributed by atoms with Crippen LogP contribution in [0.1, 0.15) is 23.3 Å². The van der Waals surface area contributed by atoms with Crippen LogP contribution in [0.25, 0.3) is 0 Å². The van der Waals surface area contributed by atoms with E-state index in [0.717, 1.165) is 0 Å². The number of aliphatic hydroxyl groups excluding tert-OH is 1. The van der Waals surface area contributed by atoms with Crippen LogP contribution >= 0.6 is 11.8 Å². The quantitative estimate of drug-likeness (QED) is 0.807. The van der Waals surface area contributed by atoms with Gasteiger partial charge in [0.1, 0.15) is 0 Å². The van der Waals surface area contributed by atoms with Gasteiger partial charge in [-0.3, -0.25) is 0 Å². The van der Waals surface area contributed by atoms with E-state index in [1.807, 2.05) is 6.92 Å². The molecule has 2 atom stereocenters. The molecule has 0 fully saturated rings. The van der Waals surface area contributed by atoms with Gasteiger partial charge in [0, 0.05) is 17.0 Å². The predicted octanol–water partition coefficient (Wildman–Crippen LogP) is 2.11. The normalized spacial score (nSPS) is 14.9. The van der Waals surface area contributed by atoms with Gasteiger partial charge >= 0.3 is 0 Å². The van der Waals surface area contributed by atoms with Gasteiger partial charge in [-0.05, 0) is 12.5 Å². The lowest BCUT2D eigenvalue weighted by Crippen LogP contribution is -2.14. The van der Waals surface area contributed by atoms with E-state index in [1.54, 1.807) is 11.8 Å². The van der Waals surface area contributed by atoms with Crippen LogP contribution in [-0.4, -0.2) is 23.5 Å². The van der Waals surface area contributed by atoms with Crippen LogP contribution in [0, 0.1) is 6.92 Å². The van der Waals surface area contributed by atoms with Crippen molar-refractivity contribution in [1.29, 1.82) is 0 Å². The number of hydrogen-bond acceptors (Lipinski definition) is 3. The molecule has 2 nitrogen and oxygen atoms in total. The van der Waals surface area contributed by atoms with Gasteiger partial charge in [0.15, 0.2) is 0 Å². The summed E-state index contributed by atoms with van der Waals surface area (Å²) in [5.74, 6) is 0. The molecule has 84 valence electrons. The lowest BCUT2D eigenvalue weighted by atomic mass is 10.1. The zero-order valence-corrected chi connectivity index (χ0v) is 10.1. The average molecular weight is 225 g/mol. The zero-order valence-electron chi connectivity index (χ0n) is 9.31. The zero-order chi connectivity index (χ0) is 11.3. The molecule has 0 aliphatic heterocycles. The van der Waals surface area contributed by atoms with Crippen LogP contribution in [0.15, 0.2) is 24.3 Å². The van der Waals surface area contributed by atoms with Crippen molar-refractivity contribution in [2.75, 3.05) is 13.2 Å². The highest BCUT2D eigenvalue weighted by Crippen LogP contribution is 2.31. The minimum absolute atomic E-state index is 0.201. The summed E-state index contributed by atoms with van der Waals surface area (Å²) >= 11 is 1.73. The number of aliphatic hydroxyl groups is 1. The van der Waals surface area contributed by atoms with Gasteiger partial charge in [-0.2, -0.15) is 0 Å². The molecular formula is C12H19NOS. The van der Waals surface area contributed by atoms with Crippen LogP contribution in [-0.2, 0) is 0 Å². The summed E-state index contributed by atoms with van der Waals surface area (Å²) in [7, 11) is 0. The standard InChI is InChI=1S/C12H19NOS/c1-9-3-5-11(6-4-9)12(7-13)15-10(2)8-14/h3-6,10,12,14H,7-8,13H2,1-2H3. The van der Waals surface area contributed by atoms with Crippen molar-refractivity contribution in [3.8, 4) is 0 Å². The first-order valence-corrected chi connectivity index (χ1v) is 6.14. The van der Waals surface area contributed by atoms with E-state index in [2.05, 4.69) is 31.2 Å². The van der Waals surface area contributed by atoms with Gasteiger partial charge in [0.25, 0.3) is 0 Å². The van der Waals surface area contributed by atoms with Crippen molar-refractivity contribution in [3.63, 3.8) is 0 Å². The number of thioether (sulfide) groups is 1. The second-order valence-corrected chi connectivity index (χ2v) is 5.41. The third-order valence-corrected chi connectivity index (χ3v) is 3.72. The molecule has 2 unspecified atom stereocenters. The molecule has 1 rings (SSSR count). The average Bonchev–Trinajstić information content (AvgIpc) is 2.27. The monoisotopic (exact) mass is 225 g/mol. The topological polar surface area (TPSA) is 46.2 Å². The Kier molecular flexibility index (Phi) is 5.15. The molecule has 0 aliphatic carbocycles. The smallest absolute Gasteiger partial charge is 0.0547 e. The summed E-state index contributed by atoms with van der Waals surface area (Å²) in [6.45, 7) is 4.90. The van der Waals surface area contributed by atoms with Crippen molar-refractivity contribution >= 4 is 11.8 Å². The van der Waals surface area contributed by atoms with E-state index < -0.39 is 0 Å². The van der Waals surface area contributed by atoms with Crippen LogP contribution in [0.3, 0.4) is 0 Å². The van der Waals surface area contributed by atoms with Gasteiger partial charge in [-0.1, -0.05) is 36.8 Å². The number of hydrogen-bond donors (Lipinski definition) is 2. The lowest BCUT2D eigenvalue weighted by Gasteiger charge is -2.18. The highest BCUT2D eigenvalue weighted by molar-refractivity contribution is 8.00. The van der Waals surface area contributed by atoms with Crippen molar-refractivity contribution in [3.05, 3.63) is 35.4 Å². The SMILES string of the molecule is Cc1ccc(C(CN)SC(C)CO)cc1. The van der Waals surface area contributed by atoms with Crippen LogP contribution in [0.5, 0.6) is 0 Å². The first kappa shape index (κ1) is 12.6. The molecule has 0 saturated carbocycles. The largest absolute Gasteiger partial charge is 0.395 e. The van der Waals surface area contributed by atoms with E-state index in [4.69, 9.17) is 10.8 Å². The molecule has 3 heteroatoms. The molecular weight excluding hydrogens is 206 g/mol. The first-order chi connectivity index (χ1) is 7.17. The van der Waals surface area contributed by atoms with Crippen molar-refractivity contribution in [2.45, 2.75) is 24.3 Å². The maximum Gasteiger partial charge on any atom is 0.0547 e. The molecule has 1 aromatic rings. The predicted molar refractivity (Wildman–Crippen MR) is 67.1 cm³/mol. The fourth-order valence-electron chi connectivity index (χ4n) is 1.37. The molecule has 0 amide bonds. The molecule has 0 aromatic heterocycles. The molecule has 0 spiro atoms. The Bertz CT molecular complexity index is 286. The van der Waals surface area contributed by atoms with Crippen molar-refractivity contribution < 1.29 is 5.11 Å². The molecule has 0 saturated heterocycles. The van der Waals surface area contributed by atoms with Crippen molar-refractivity contribution in [2.24, 2.45) is 5.73 Å². The minimum atomic E-state index is 0.201. The number of aryl methyl sites for hydroxylation is 1. The van der Waals surface area contributed by atoms with Gasteiger partial charge in [-0.25, -0.2) is 0 Å². The van der Waals surface area contributed by atoms with E-state index in [-0.39, 0.29) is 17.1 Å². The lowest BCUT2D eigenvalue weighted by molar-refractivity contribution is 0.300. The number of benzene rings is 1. The molecule has 3 N–H and O–H groups in total. The third-order valence-electron chi connectivity index (χ3n) is 2.32. The first-order valence-electron chi connectivity index (χ1n) is 5.20. The molecule has 1 aromatic carbocycles. The van der Waals surface area contributed by atoms with E-state index >= 15 is 0 Å².